The number of amides is 1. The van der Waals surface area contributed by atoms with Crippen LogP contribution in [-0.2, 0) is 27.7 Å². The van der Waals surface area contributed by atoms with Gasteiger partial charge in [-0.2, -0.15) is 0 Å². The molecule has 1 aromatic carbocycles. The van der Waals surface area contributed by atoms with Crippen molar-refractivity contribution in [3.8, 4) is 0 Å². The summed E-state index contributed by atoms with van der Waals surface area (Å²) in [6.07, 6.45) is 2.56. The third kappa shape index (κ3) is 4.73. The summed E-state index contributed by atoms with van der Waals surface area (Å²) in [6, 6.07) is 5.72. The molecule has 0 aliphatic carbocycles. The number of rotatable bonds is 7. The van der Waals surface area contributed by atoms with Gasteiger partial charge in [0, 0.05) is 6.04 Å². The van der Waals surface area contributed by atoms with E-state index in [1.54, 1.807) is 0 Å². The Morgan fingerprint density at radius 3 is 2.05 bits per heavy atom. The molecular weight excluding hydrogens is 300 g/mol. The molecule has 6 heteroatoms. The van der Waals surface area contributed by atoms with Gasteiger partial charge in [-0.1, -0.05) is 32.0 Å². The second-order valence-electron chi connectivity index (χ2n) is 5.62. The normalized spacial score (nSPS) is 11.5. The van der Waals surface area contributed by atoms with E-state index in [2.05, 4.69) is 5.32 Å². The van der Waals surface area contributed by atoms with Crippen LogP contribution >= 0.6 is 0 Å². The molecule has 1 aromatic rings. The van der Waals surface area contributed by atoms with Gasteiger partial charge in [0.25, 0.3) is 0 Å². The van der Waals surface area contributed by atoms with Gasteiger partial charge in [-0.25, -0.2) is 8.42 Å². The summed E-state index contributed by atoms with van der Waals surface area (Å²) in [5.74, 6) is -0.298. The number of benzene rings is 1. The standard InChI is InChI=1S/C16H26N2O3S/c1-6-13-9-8-10-14(7-2)16(13)18(22(5,20)21)11-15(19)17-12(3)4/h8-10,12H,6-7,11H2,1-5H3,(H,17,19). The number of nitrogens with zero attached hydrogens (tertiary/aromatic N) is 1. The van der Waals surface area contributed by atoms with Gasteiger partial charge >= 0.3 is 0 Å². The topological polar surface area (TPSA) is 66.5 Å². The Balaban J connectivity index is 3.33. The van der Waals surface area contributed by atoms with E-state index >= 15 is 0 Å². The van der Waals surface area contributed by atoms with Crippen molar-refractivity contribution in [2.45, 2.75) is 46.6 Å². The van der Waals surface area contributed by atoms with E-state index in [1.165, 1.54) is 4.31 Å². The molecule has 0 aliphatic heterocycles. The molecule has 5 nitrogen and oxygen atoms in total. The van der Waals surface area contributed by atoms with Gasteiger partial charge in [-0.3, -0.25) is 9.10 Å². The predicted molar refractivity (Wildman–Crippen MR) is 90.7 cm³/mol. The molecule has 0 radical (unpaired) electrons. The fourth-order valence-corrected chi connectivity index (χ4v) is 3.31. The molecule has 0 bridgehead atoms. The van der Waals surface area contributed by atoms with E-state index in [0.717, 1.165) is 17.4 Å². The van der Waals surface area contributed by atoms with Crippen molar-refractivity contribution >= 4 is 21.6 Å². The van der Waals surface area contributed by atoms with Gasteiger partial charge in [0.2, 0.25) is 15.9 Å². The fraction of sp³-hybridized carbons (Fsp3) is 0.562. The zero-order valence-electron chi connectivity index (χ0n) is 14.0. The zero-order chi connectivity index (χ0) is 16.9. The highest BCUT2D eigenvalue weighted by Crippen LogP contribution is 2.28. The summed E-state index contributed by atoms with van der Waals surface area (Å²) in [5.41, 5.74) is 2.51. The molecule has 1 N–H and O–H groups in total. The van der Waals surface area contributed by atoms with Crippen LogP contribution in [0.1, 0.15) is 38.8 Å². The molecule has 1 rings (SSSR count). The Morgan fingerprint density at radius 2 is 1.68 bits per heavy atom. The van der Waals surface area contributed by atoms with E-state index in [4.69, 9.17) is 0 Å². The van der Waals surface area contributed by atoms with E-state index < -0.39 is 10.0 Å². The predicted octanol–water partition coefficient (Wildman–Crippen LogP) is 2.10. The average molecular weight is 326 g/mol. The summed E-state index contributed by atoms with van der Waals surface area (Å²) in [6.45, 7) is 7.46. The summed E-state index contributed by atoms with van der Waals surface area (Å²) in [7, 11) is -3.54. The molecule has 0 heterocycles. The highest BCUT2D eigenvalue weighted by atomic mass is 32.2. The summed E-state index contributed by atoms with van der Waals surface area (Å²) < 4.78 is 25.7. The minimum atomic E-state index is -3.54. The van der Waals surface area contributed by atoms with Gasteiger partial charge in [-0.05, 0) is 37.8 Å². The first-order chi connectivity index (χ1) is 10.2. The number of anilines is 1. The molecule has 0 saturated carbocycles. The number of hydrogen-bond donors (Lipinski definition) is 1. The number of aryl methyl sites for hydroxylation is 2. The van der Waals surface area contributed by atoms with Crippen LogP contribution in [0.5, 0.6) is 0 Å². The van der Waals surface area contributed by atoms with Crippen LogP contribution in [-0.4, -0.2) is 33.2 Å². The van der Waals surface area contributed by atoms with Gasteiger partial charge in [0.15, 0.2) is 0 Å². The lowest BCUT2D eigenvalue weighted by Gasteiger charge is -2.27. The zero-order valence-corrected chi connectivity index (χ0v) is 14.8. The molecule has 0 aromatic heterocycles. The first-order valence-corrected chi connectivity index (χ1v) is 9.43. The highest BCUT2D eigenvalue weighted by molar-refractivity contribution is 7.92. The van der Waals surface area contributed by atoms with Gasteiger partial charge in [-0.15, -0.1) is 0 Å². The largest absolute Gasteiger partial charge is 0.352 e. The first kappa shape index (κ1) is 18.5. The van der Waals surface area contributed by atoms with Gasteiger partial charge in [0.05, 0.1) is 11.9 Å². The van der Waals surface area contributed by atoms with Crippen molar-refractivity contribution in [3.63, 3.8) is 0 Å². The molecule has 0 aliphatic rings. The molecule has 1 amide bonds. The van der Waals surface area contributed by atoms with Gasteiger partial charge < -0.3 is 5.32 Å². The molecule has 124 valence electrons. The van der Waals surface area contributed by atoms with Crippen molar-refractivity contribution in [2.75, 3.05) is 17.1 Å². The minimum Gasteiger partial charge on any atom is -0.352 e. The second kappa shape index (κ2) is 7.63. The van der Waals surface area contributed by atoms with Crippen molar-refractivity contribution in [2.24, 2.45) is 0 Å². The van der Waals surface area contributed by atoms with Crippen molar-refractivity contribution in [1.82, 2.24) is 5.32 Å². The van der Waals surface area contributed by atoms with Crippen molar-refractivity contribution < 1.29 is 13.2 Å². The summed E-state index contributed by atoms with van der Waals surface area (Å²) in [4.78, 5) is 12.1. The van der Waals surface area contributed by atoms with Gasteiger partial charge in [0.1, 0.15) is 6.54 Å². The third-order valence-electron chi connectivity index (χ3n) is 3.35. The maximum atomic E-state index is 12.2. The number of carbonyl (C=O) groups is 1. The molecule has 0 saturated heterocycles. The maximum absolute atomic E-state index is 12.2. The second-order valence-corrected chi connectivity index (χ2v) is 7.53. The molecular formula is C16H26N2O3S. The third-order valence-corrected chi connectivity index (χ3v) is 4.46. The fourth-order valence-electron chi connectivity index (χ4n) is 2.40. The maximum Gasteiger partial charge on any atom is 0.240 e. The van der Waals surface area contributed by atoms with Crippen molar-refractivity contribution in [1.29, 1.82) is 0 Å². The minimum absolute atomic E-state index is 0.0269. The van der Waals surface area contributed by atoms with Crippen LogP contribution in [0.15, 0.2) is 18.2 Å². The van der Waals surface area contributed by atoms with Crippen LogP contribution in [0.25, 0.3) is 0 Å². The summed E-state index contributed by atoms with van der Waals surface area (Å²) in [5, 5.41) is 2.74. The van der Waals surface area contributed by atoms with Crippen LogP contribution in [0.3, 0.4) is 0 Å². The Morgan fingerprint density at radius 1 is 1.18 bits per heavy atom. The molecule has 0 atom stereocenters. The molecule has 0 spiro atoms. The Kier molecular flexibility index (Phi) is 6.41. The van der Waals surface area contributed by atoms with Crippen LogP contribution in [0.2, 0.25) is 0 Å². The van der Waals surface area contributed by atoms with E-state index in [1.807, 2.05) is 45.9 Å². The van der Waals surface area contributed by atoms with E-state index in [9.17, 15) is 13.2 Å². The average Bonchev–Trinajstić information content (AvgIpc) is 2.42. The number of carbonyl (C=O) groups excluding carboxylic acids is 1. The lowest BCUT2D eigenvalue weighted by atomic mass is 10.0. The number of hydrogen-bond acceptors (Lipinski definition) is 3. The number of nitrogens with one attached hydrogen (secondary N) is 1. The van der Waals surface area contributed by atoms with Crippen molar-refractivity contribution in [3.05, 3.63) is 29.3 Å². The highest BCUT2D eigenvalue weighted by Gasteiger charge is 2.25. The lowest BCUT2D eigenvalue weighted by Crippen LogP contribution is -2.43. The van der Waals surface area contributed by atoms with E-state index in [0.29, 0.717) is 18.5 Å². The quantitative estimate of drug-likeness (QED) is 0.834. The van der Waals surface area contributed by atoms with Crippen LogP contribution < -0.4 is 9.62 Å². The summed E-state index contributed by atoms with van der Waals surface area (Å²) >= 11 is 0. The molecule has 0 fully saturated rings. The smallest absolute Gasteiger partial charge is 0.240 e. The SMILES string of the molecule is CCc1cccc(CC)c1N(CC(=O)NC(C)C)S(C)(=O)=O. The monoisotopic (exact) mass is 326 g/mol. The van der Waals surface area contributed by atoms with Crippen LogP contribution in [0, 0.1) is 0 Å². The Bertz CT molecular complexity index is 602. The molecule has 22 heavy (non-hydrogen) atoms. The lowest BCUT2D eigenvalue weighted by molar-refractivity contribution is -0.120. The molecule has 0 unspecified atom stereocenters. The van der Waals surface area contributed by atoms with Crippen LogP contribution in [0.4, 0.5) is 5.69 Å². The first-order valence-electron chi connectivity index (χ1n) is 7.58. The number of sulfonamides is 1. The van der Waals surface area contributed by atoms with E-state index in [-0.39, 0.29) is 18.5 Å². The number of para-hydroxylation sites is 1. The Hall–Kier alpha value is -1.56. The Labute approximate surface area is 133 Å².